The van der Waals surface area contributed by atoms with E-state index in [4.69, 9.17) is 18.9 Å². The molecule has 0 bridgehead atoms. The number of hydrogen-bond acceptors (Lipinski definition) is 10. The largest absolute Gasteiger partial charge is 0.462 e. The molecule has 0 aromatic rings. The number of hydrogen-bond donors (Lipinski definition) is 4. The van der Waals surface area contributed by atoms with Crippen LogP contribution in [-0.2, 0) is 28.5 Å². The Labute approximate surface area is 233 Å². The Hall–Kier alpha value is -1.56. The van der Waals surface area contributed by atoms with Crippen LogP contribution in [0.3, 0.4) is 0 Å². The highest BCUT2D eigenvalue weighted by Gasteiger charge is 2.44. The van der Waals surface area contributed by atoms with Gasteiger partial charge in [0.15, 0.2) is 12.4 Å². The smallest absolute Gasteiger partial charge is 0.306 e. The van der Waals surface area contributed by atoms with Gasteiger partial charge in [0.05, 0.1) is 13.2 Å². The molecule has 10 nitrogen and oxygen atoms in total. The second-order valence-electron chi connectivity index (χ2n) is 10.2. The van der Waals surface area contributed by atoms with Crippen molar-refractivity contribution >= 4 is 11.9 Å². The zero-order chi connectivity index (χ0) is 28.9. The maximum absolute atomic E-state index is 12.5. The summed E-state index contributed by atoms with van der Waals surface area (Å²) in [6.07, 6.45) is 8.70. The lowest BCUT2D eigenvalue weighted by molar-refractivity contribution is -0.305. The summed E-state index contributed by atoms with van der Waals surface area (Å²) in [5.41, 5.74) is 0. The van der Waals surface area contributed by atoms with E-state index in [1.165, 1.54) is 6.42 Å². The summed E-state index contributed by atoms with van der Waals surface area (Å²) in [7, 11) is 0. The second-order valence-corrected chi connectivity index (χ2v) is 10.2. The summed E-state index contributed by atoms with van der Waals surface area (Å²) in [6, 6.07) is 0. The second kappa shape index (κ2) is 22.2. The Morgan fingerprint density at radius 2 is 1.44 bits per heavy atom. The van der Waals surface area contributed by atoms with Gasteiger partial charge in [-0.05, 0) is 32.6 Å². The van der Waals surface area contributed by atoms with Gasteiger partial charge in [-0.2, -0.15) is 0 Å². The first-order chi connectivity index (χ1) is 18.8. The maximum Gasteiger partial charge on any atom is 0.306 e. The molecule has 39 heavy (non-hydrogen) atoms. The summed E-state index contributed by atoms with van der Waals surface area (Å²) in [5, 5.41) is 39.5. The minimum absolute atomic E-state index is 0.219. The van der Waals surface area contributed by atoms with E-state index in [-0.39, 0.29) is 26.1 Å². The number of aliphatic hydroxyl groups is 4. The normalized spacial score (nSPS) is 24.1. The average Bonchev–Trinajstić information content (AvgIpc) is 2.93. The SMILES string of the molecule is C/C=C\CCCCCCCC(=O)O[C@H](COC(=O)CCCCCCCC)CO[C@@H]1O[C@H](CO)[C@H](O)[C@H](O)[C@H]1O. The van der Waals surface area contributed by atoms with Gasteiger partial charge in [0.2, 0.25) is 0 Å². The Morgan fingerprint density at radius 3 is 2.08 bits per heavy atom. The van der Waals surface area contributed by atoms with Gasteiger partial charge in [0, 0.05) is 12.8 Å². The zero-order valence-electron chi connectivity index (χ0n) is 23.9. The molecule has 228 valence electrons. The van der Waals surface area contributed by atoms with Crippen molar-refractivity contribution in [2.45, 2.75) is 141 Å². The van der Waals surface area contributed by atoms with Crippen LogP contribution in [0.4, 0.5) is 0 Å². The van der Waals surface area contributed by atoms with Crippen LogP contribution in [0.15, 0.2) is 12.2 Å². The van der Waals surface area contributed by atoms with Gasteiger partial charge >= 0.3 is 11.9 Å². The first kappa shape index (κ1) is 35.5. The van der Waals surface area contributed by atoms with E-state index < -0.39 is 55.4 Å². The van der Waals surface area contributed by atoms with Crippen LogP contribution in [0.5, 0.6) is 0 Å². The molecule has 1 aliphatic heterocycles. The molecule has 0 aromatic carbocycles. The van der Waals surface area contributed by atoms with E-state index in [1.807, 2.05) is 13.0 Å². The summed E-state index contributed by atoms with van der Waals surface area (Å²) < 4.78 is 21.7. The molecule has 0 aliphatic carbocycles. The predicted molar refractivity (Wildman–Crippen MR) is 146 cm³/mol. The van der Waals surface area contributed by atoms with Crippen molar-refractivity contribution in [3.8, 4) is 0 Å². The van der Waals surface area contributed by atoms with Crippen molar-refractivity contribution in [1.29, 1.82) is 0 Å². The van der Waals surface area contributed by atoms with E-state index in [0.717, 1.165) is 64.2 Å². The van der Waals surface area contributed by atoms with Crippen LogP contribution in [0.2, 0.25) is 0 Å². The Kier molecular flexibility index (Phi) is 20.2. The predicted octanol–water partition coefficient (Wildman–Crippen LogP) is 3.32. The standard InChI is InChI=1S/C29H52O10/c1-3-5-7-9-11-12-14-16-18-25(32)38-22(20-36-24(31)17-15-13-10-8-6-4-2)21-37-29-28(35)27(34)26(33)23(19-30)39-29/h3,5,22-23,26-30,33-35H,4,6-21H2,1-2H3/b5-3-/t22-,23-,26+,27+,28-,29-/m1/s1. The Balaban J connectivity index is 2.53. The van der Waals surface area contributed by atoms with Crippen molar-refractivity contribution in [2.75, 3.05) is 19.8 Å². The summed E-state index contributed by atoms with van der Waals surface area (Å²) >= 11 is 0. The molecule has 1 rings (SSSR count). The van der Waals surface area contributed by atoms with Gasteiger partial charge in [0.25, 0.3) is 0 Å². The summed E-state index contributed by atoms with van der Waals surface area (Å²) in [6.45, 7) is 3.07. The van der Waals surface area contributed by atoms with Crippen LogP contribution in [0.1, 0.15) is 104 Å². The molecule has 0 aromatic heterocycles. The number of unbranched alkanes of at least 4 members (excludes halogenated alkanes) is 10. The van der Waals surface area contributed by atoms with E-state index in [2.05, 4.69) is 13.0 Å². The fourth-order valence-corrected chi connectivity index (χ4v) is 4.30. The van der Waals surface area contributed by atoms with Gasteiger partial charge in [-0.15, -0.1) is 0 Å². The molecule has 10 heteroatoms. The van der Waals surface area contributed by atoms with Gasteiger partial charge in [-0.1, -0.05) is 70.4 Å². The number of carbonyl (C=O) groups is 2. The average molecular weight is 561 g/mol. The number of aliphatic hydroxyl groups excluding tert-OH is 4. The van der Waals surface area contributed by atoms with E-state index in [1.54, 1.807) is 0 Å². The van der Waals surface area contributed by atoms with Gasteiger partial charge in [-0.25, -0.2) is 0 Å². The number of ether oxygens (including phenoxy) is 4. The minimum atomic E-state index is -1.59. The molecule has 0 radical (unpaired) electrons. The maximum atomic E-state index is 12.5. The molecule has 0 unspecified atom stereocenters. The van der Waals surface area contributed by atoms with Crippen molar-refractivity contribution in [1.82, 2.24) is 0 Å². The molecule has 1 heterocycles. The third-order valence-corrected chi connectivity index (χ3v) is 6.75. The number of carbonyl (C=O) groups excluding carboxylic acids is 2. The van der Waals surface area contributed by atoms with Crippen molar-refractivity contribution in [3.63, 3.8) is 0 Å². The van der Waals surface area contributed by atoms with E-state index in [0.29, 0.717) is 6.42 Å². The lowest BCUT2D eigenvalue weighted by Gasteiger charge is -2.39. The summed E-state index contributed by atoms with van der Waals surface area (Å²) in [4.78, 5) is 24.7. The minimum Gasteiger partial charge on any atom is -0.462 e. The van der Waals surface area contributed by atoms with Gasteiger partial charge in [-0.3, -0.25) is 9.59 Å². The van der Waals surface area contributed by atoms with Crippen LogP contribution >= 0.6 is 0 Å². The Bertz CT molecular complexity index is 668. The summed E-state index contributed by atoms with van der Waals surface area (Å²) in [5.74, 6) is -0.837. The fraction of sp³-hybridized carbons (Fsp3) is 0.862. The molecule has 1 fully saturated rings. The van der Waals surface area contributed by atoms with Crippen LogP contribution in [0, 0.1) is 0 Å². The van der Waals surface area contributed by atoms with Crippen LogP contribution in [-0.4, -0.2) is 89.0 Å². The van der Waals surface area contributed by atoms with E-state index in [9.17, 15) is 30.0 Å². The number of esters is 2. The molecular formula is C29H52O10. The molecule has 1 saturated heterocycles. The number of rotatable bonds is 22. The lowest BCUT2D eigenvalue weighted by Crippen LogP contribution is -2.59. The van der Waals surface area contributed by atoms with Gasteiger partial charge in [0.1, 0.15) is 31.0 Å². The van der Waals surface area contributed by atoms with Crippen LogP contribution in [0.25, 0.3) is 0 Å². The topological polar surface area (TPSA) is 152 Å². The molecule has 0 saturated carbocycles. The Morgan fingerprint density at radius 1 is 0.821 bits per heavy atom. The van der Waals surface area contributed by atoms with Crippen molar-refractivity contribution in [2.24, 2.45) is 0 Å². The highest BCUT2D eigenvalue weighted by molar-refractivity contribution is 5.70. The highest BCUT2D eigenvalue weighted by atomic mass is 16.7. The third-order valence-electron chi connectivity index (χ3n) is 6.75. The first-order valence-electron chi connectivity index (χ1n) is 14.7. The molecule has 6 atom stereocenters. The molecular weight excluding hydrogens is 508 g/mol. The fourth-order valence-electron chi connectivity index (χ4n) is 4.30. The van der Waals surface area contributed by atoms with Gasteiger partial charge < -0.3 is 39.4 Å². The molecule has 0 amide bonds. The molecule has 0 spiro atoms. The van der Waals surface area contributed by atoms with E-state index >= 15 is 0 Å². The molecule has 4 N–H and O–H groups in total. The highest BCUT2D eigenvalue weighted by Crippen LogP contribution is 2.22. The molecule has 1 aliphatic rings. The van der Waals surface area contributed by atoms with Crippen LogP contribution < -0.4 is 0 Å². The lowest BCUT2D eigenvalue weighted by atomic mass is 9.99. The number of allylic oxidation sites excluding steroid dienone is 2. The monoisotopic (exact) mass is 560 g/mol. The van der Waals surface area contributed by atoms with Crippen molar-refractivity contribution in [3.05, 3.63) is 12.2 Å². The van der Waals surface area contributed by atoms with Crippen molar-refractivity contribution < 1.29 is 49.0 Å². The first-order valence-corrected chi connectivity index (χ1v) is 14.7. The third kappa shape index (κ3) is 15.7. The zero-order valence-corrected chi connectivity index (χ0v) is 23.9. The quantitative estimate of drug-likeness (QED) is 0.0881.